The zero-order valence-electron chi connectivity index (χ0n) is 7.10. The Kier molecular flexibility index (Phi) is 5.80. The van der Waals surface area contributed by atoms with Crippen molar-refractivity contribution in [3.63, 3.8) is 0 Å². The topological polar surface area (TPSA) is 26.3 Å². The molecule has 0 aromatic carbocycles. The zero-order chi connectivity index (χ0) is 8.69. The summed E-state index contributed by atoms with van der Waals surface area (Å²) in [7, 11) is 0. The number of halogens is 1. The third-order valence-corrected chi connectivity index (χ3v) is 1.29. The lowest BCUT2D eigenvalue weighted by molar-refractivity contribution is -0.143. The van der Waals surface area contributed by atoms with Crippen molar-refractivity contribution in [1.29, 1.82) is 0 Å². The SMILES string of the molecule is CCOC(=O)CCCC(C)F. The Morgan fingerprint density at radius 2 is 2.27 bits per heavy atom. The Morgan fingerprint density at radius 1 is 1.64 bits per heavy atom. The maximum absolute atomic E-state index is 12.2. The van der Waals surface area contributed by atoms with Crippen LogP contribution in [0, 0.1) is 0 Å². The lowest BCUT2D eigenvalue weighted by Crippen LogP contribution is -2.04. The van der Waals surface area contributed by atoms with E-state index in [-0.39, 0.29) is 5.97 Å². The van der Waals surface area contributed by atoms with Gasteiger partial charge in [0.05, 0.1) is 12.8 Å². The van der Waals surface area contributed by atoms with Crippen LogP contribution in [-0.2, 0) is 9.53 Å². The van der Waals surface area contributed by atoms with Crippen molar-refractivity contribution < 1.29 is 13.9 Å². The van der Waals surface area contributed by atoms with Crippen LogP contribution in [0.25, 0.3) is 0 Å². The van der Waals surface area contributed by atoms with Crippen LogP contribution in [0.15, 0.2) is 0 Å². The summed E-state index contributed by atoms with van der Waals surface area (Å²) in [6.07, 6.45) is 0.543. The number of hydrogen-bond acceptors (Lipinski definition) is 2. The summed E-state index contributed by atoms with van der Waals surface area (Å²) in [6.45, 7) is 3.66. The summed E-state index contributed by atoms with van der Waals surface area (Å²) in [4.78, 5) is 10.7. The normalized spacial score (nSPS) is 12.6. The summed E-state index contributed by atoms with van der Waals surface area (Å²) >= 11 is 0. The van der Waals surface area contributed by atoms with Gasteiger partial charge in [-0.3, -0.25) is 4.79 Å². The third-order valence-electron chi connectivity index (χ3n) is 1.29. The Balaban J connectivity index is 3.17. The molecule has 0 radical (unpaired) electrons. The van der Waals surface area contributed by atoms with Gasteiger partial charge in [0, 0.05) is 6.42 Å². The second-order valence-electron chi connectivity index (χ2n) is 2.48. The number of ether oxygens (including phenoxy) is 1. The fraction of sp³-hybridized carbons (Fsp3) is 0.875. The molecule has 0 fully saturated rings. The van der Waals surface area contributed by atoms with E-state index in [0.29, 0.717) is 25.9 Å². The third kappa shape index (κ3) is 7.30. The van der Waals surface area contributed by atoms with Crippen molar-refractivity contribution in [2.24, 2.45) is 0 Å². The van der Waals surface area contributed by atoms with E-state index >= 15 is 0 Å². The van der Waals surface area contributed by atoms with Crippen molar-refractivity contribution >= 4 is 5.97 Å². The molecule has 0 N–H and O–H groups in total. The molecule has 1 atom stereocenters. The lowest BCUT2D eigenvalue weighted by atomic mass is 10.2. The monoisotopic (exact) mass is 162 g/mol. The quantitative estimate of drug-likeness (QED) is 0.578. The minimum absolute atomic E-state index is 0.229. The minimum atomic E-state index is -0.815. The van der Waals surface area contributed by atoms with Gasteiger partial charge >= 0.3 is 5.97 Å². The zero-order valence-corrected chi connectivity index (χ0v) is 7.10. The molecule has 1 unspecified atom stereocenters. The number of hydrogen-bond donors (Lipinski definition) is 0. The van der Waals surface area contributed by atoms with Crippen molar-refractivity contribution in [2.45, 2.75) is 39.3 Å². The first-order valence-corrected chi connectivity index (χ1v) is 3.96. The highest BCUT2D eigenvalue weighted by atomic mass is 19.1. The number of rotatable bonds is 5. The Bertz CT molecular complexity index is 113. The summed E-state index contributed by atoms with van der Waals surface area (Å²) in [5.41, 5.74) is 0. The van der Waals surface area contributed by atoms with Gasteiger partial charge in [-0.15, -0.1) is 0 Å². The van der Waals surface area contributed by atoms with Gasteiger partial charge < -0.3 is 4.74 Å². The molecule has 0 aliphatic heterocycles. The Morgan fingerprint density at radius 3 is 2.73 bits per heavy atom. The molecule has 0 bridgehead atoms. The smallest absolute Gasteiger partial charge is 0.305 e. The van der Waals surface area contributed by atoms with Gasteiger partial charge in [0.25, 0.3) is 0 Å². The summed E-state index contributed by atoms with van der Waals surface area (Å²) < 4.78 is 16.8. The maximum atomic E-state index is 12.2. The number of carbonyl (C=O) groups is 1. The van der Waals surface area contributed by atoms with Crippen molar-refractivity contribution in [1.82, 2.24) is 0 Å². The predicted octanol–water partition coefficient (Wildman–Crippen LogP) is 2.08. The fourth-order valence-corrected chi connectivity index (χ4v) is 0.761. The molecular formula is C8H15FO2. The molecule has 0 saturated carbocycles. The number of alkyl halides is 1. The maximum Gasteiger partial charge on any atom is 0.305 e. The van der Waals surface area contributed by atoms with Crippen LogP contribution in [-0.4, -0.2) is 18.7 Å². The van der Waals surface area contributed by atoms with E-state index in [0.717, 1.165) is 0 Å². The van der Waals surface area contributed by atoms with E-state index in [1.54, 1.807) is 6.92 Å². The van der Waals surface area contributed by atoms with Crippen molar-refractivity contribution in [2.75, 3.05) is 6.61 Å². The summed E-state index contributed by atoms with van der Waals surface area (Å²) in [5, 5.41) is 0. The van der Waals surface area contributed by atoms with Gasteiger partial charge in [-0.1, -0.05) is 0 Å². The fourth-order valence-electron chi connectivity index (χ4n) is 0.761. The summed E-state index contributed by atoms with van der Waals surface area (Å²) in [6, 6.07) is 0. The molecule has 3 heteroatoms. The first-order valence-electron chi connectivity index (χ1n) is 3.96. The van der Waals surface area contributed by atoms with E-state index in [1.165, 1.54) is 6.92 Å². The van der Waals surface area contributed by atoms with Gasteiger partial charge in [0.15, 0.2) is 0 Å². The molecule has 0 rings (SSSR count). The molecule has 66 valence electrons. The molecule has 11 heavy (non-hydrogen) atoms. The highest BCUT2D eigenvalue weighted by molar-refractivity contribution is 5.69. The number of esters is 1. The molecule has 0 aliphatic rings. The van der Waals surface area contributed by atoms with Crippen LogP contribution in [0.1, 0.15) is 33.1 Å². The molecule has 0 amide bonds. The van der Waals surface area contributed by atoms with Gasteiger partial charge in [0.2, 0.25) is 0 Å². The predicted molar refractivity (Wildman–Crippen MR) is 41.1 cm³/mol. The van der Waals surface area contributed by atoms with Gasteiger partial charge in [-0.2, -0.15) is 0 Å². The van der Waals surface area contributed by atoms with Crippen molar-refractivity contribution in [3.8, 4) is 0 Å². The second-order valence-corrected chi connectivity index (χ2v) is 2.48. The van der Waals surface area contributed by atoms with Gasteiger partial charge in [-0.05, 0) is 26.7 Å². The average Bonchev–Trinajstić information content (AvgIpc) is 1.87. The molecule has 0 aromatic rings. The van der Waals surface area contributed by atoms with E-state index in [4.69, 9.17) is 0 Å². The second kappa shape index (κ2) is 6.13. The van der Waals surface area contributed by atoms with Crippen LogP contribution in [0.3, 0.4) is 0 Å². The lowest BCUT2D eigenvalue weighted by Gasteiger charge is -2.01. The molecule has 2 nitrogen and oxygen atoms in total. The molecule has 0 heterocycles. The molecule has 0 aromatic heterocycles. The van der Waals surface area contributed by atoms with Gasteiger partial charge in [-0.25, -0.2) is 4.39 Å². The standard InChI is InChI=1S/C8H15FO2/c1-3-11-8(10)6-4-5-7(2)9/h7H,3-6H2,1-2H3. The first-order chi connectivity index (χ1) is 5.16. The van der Waals surface area contributed by atoms with Crippen LogP contribution in [0.2, 0.25) is 0 Å². The molecule has 0 saturated heterocycles. The van der Waals surface area contributed by atoms with E-state index in [2.05, 4.69) is 4.74 Å². The number of carbonyl (C=O) groups excluding carboxylic acids is 1. The van der Waals surface area contributed by atoms with Crippen molar-refractivity contribution in [3.05, 3.63) is 0 Å². The summed E-state index contributed by atoms with van der Waals surface area (Å²) in [5.74, 6) is -0.229. The van der Waals surface area contributed by atoms with Crippen LogP contribution < -0.4 is 0 Å². The molecule has 0 spiro atoms. The minimum Gasteiger partial charge on any atom is -0.466 e. The highest BCUT2D eigenvalue weighted by Crippen LogP contribution is 2.04. The van der Waals surface area contributed by atoms with Crippen LogP contribution in [0.5, 0.6) is 0 Å². The van der Waals surface area contributed by atoms with Crippen LogP contribution in [0.4, 0.5) is 4.39 Å². The van der Waals surface area contributed by atoms with Crippen LogP contribution >= 0.6 is 0 Å². The Hall–Kier alpha value is -0.600. The van der Waals surface area contributed by atoms with Gasteiger partial charge in [0.1, 0.15) is 0 Å². The molecular weight excluding hydrogens is 147 g/mol. The highest BCUT2D eigenvalue weighted by Gasteiger charge is 2.03. The van der Waals surface area contributed by atoms with E-state index in [9.17, 15) is 9.18 Å². The largest absolute Gasteiger partial charge is 0.466 e. The molecule has 0 aliphatic carbocycles. The van der Waals surface area contributed by atoms with E-state index < -0.39 is 6.17 Å². The Labute approximate surface area is 66.7 Å². The first kappa shape index (κ1) is 10.4. The average molecular weight is 162 g/mol. The van der Waals surface area contributed by atoms with E-state index in [1.807, 2.05) is 0 Å².